The van der Waals surface area contributed by atoms with Gasteiger partial charge in [-0.15, -0.1) is 0 Å². The lowest BCUT2D eigenvalue weighted by Crippen LogP contribution is -2.52. The van der Waals surface area contributed by atoms with E-state index in [0.29, 0.717) is 13.1 Å². The second-order valence-corrected chi connectivity index (χ2v) is 4.32. The average molecular weight is 234 g/mol. The molecule has 1 aromatic carbocycles. The van der Waals surface area contributed by atoms with Gasteiger partial charge in [0.1, 0.15) is 0 Å². The SMILES string of the molecule is O=C(C1CNC1)N(CCO)Cc1ccccc1. The van der Waals surface area contributed by atoms with Crippen molar-refractivity contribution in [2.45, 2.75) is 6.54 Å². The van der Waals surface area contributed by atoms with E-state index in [9.17, 15) is 4.79 Å². The summed E-state index contributed by atoms with van der Waals surface area (Å²) in [5.74, 6) is 0.229. The van der Waals surface area contributed by atoms with Crippen LogP contribution in [0.4, 0.5) is 0 Å². The molecule has 0 aromatic heterocycles. The summed E-state index contributed by atoms with van der Waals surface area (Å²) < 4.78 is 0. The van der Waals surface area contributed by atoms with Crippen LogP contribution < -0.4 is 5.32 Å². The molecule has 1 aliphatic rings. The molecule has 0 atom stereocenters. The molecule has 0 aliphatic carbocycles. The molecule has 1 amide bonds. The highest BCUT2D eigenvalue weighted by Crippen LogP contribution is 2.11. The minimum absolute atomic E-state index is 0.0126. The van der Waals surface area contributed by atoms with Crippen molar-refractivity contribution in [2.75, 3.05) is 26.2 Å². The molecule has 0 radical (unpaired) electrons. The first-order valence-electron chi connectivity index (χ1n) is 5.95. The standard InChI is InChI=1S/C13H18N2O2/c16-7-6-15(13(17)12-8-14-9-12)10-11-4-2-1-3-5-11/h1-5,12,14,16H,6-10H2. The number of carbonyl (C=O) groups excluding carboxylic acids is 1. The number of hydrogen-bond acceptors (Lipinski definition) is 3. The van der Waals surface area contributed by atoms with E-state index < -0.39 is 0 Å². The highest BCUT2D eigenvalue weighted by Gasteiger charge is 2.28. The Morgan fingerprint density at radius 1 is 1.35 bits per heavy atom. The lowest BCUT2D eigenvalue weighted by Gasteiger charge is -2.32. The molecule has 0 unspecified atom stereocenters. The lowest BCUT2D eigenvalue weighted by atomic mass is 10.0. The van der Waals surface area contributed by atoms with Crippen molar-refractivity contribution in [1.29, 1.82) is 0 Å². The zero-order valence-electron chi connectivity index (χ0n) is 9.80. The van der Waals surface area contributed by atoms with Crippen molar-refractivity contribution in [3.8, 4) is 0 Å². The molecule has 0 spiro atoms. The van der Waals surface area contributed by atoms with Gasteiger partial charge in [-0.05, 0) is 5.56 Å². The van der Waals surface area contributed by atoms with Crippen molar-refractivity contribution in [3.63, 3.8) is 0 Å². The lowest BCUT2D eigenvalue weighted by molar-refractivity contribution is -0.138. The zero-order chi connectivity index (χ0) is 12.1. The van der Waals surface area contributed by atoms with Gasteiger partial charge in [-0.25, -0.2) is 0 Å². The fourth-order valence-corrected chi connectivity index (χ4v) is 1.91. The van der Waals surface area contributed by atoms with E-state index >= 15 is 0 Å². The van der Waals surface area contributed by atoms with Crippen LogP contribution in [0.25, 0.3) is 0 Å². The first-order chi connectivity index (χ1) is 8.31. The van der Waals surface area contributed by atoms with Gasteiger partial charge in [0.25, 0.3) is 0 Å². The van der Waals surface area contributed by atoms with Crippen LogP contribution in [-0.4, -0.2) is 42.2 Å². The molecule has 1 aromatic rings. The number of aliphatic hydroxyl groups excluding tert-OH is 1. The van der Waals surface area contributed by atoms with Gasteiger partial charge in [0.15, 0.2) is 0 Å². The number of aliphatic hydroxyl groups is 1. The number of amides is 1. The Labute approximate surface area is 101 Å². The Morgan fingerprint density at radius 3 is 2.59 bits per heavy atom. The molecule has 1 fully saturated rings. The fourth-order valence-electron chi connectivity index (χ4n) is 1.91. The zero-order valence-corrected chi connectivity index (χ0v) is 9.80. The third kappa shape index (κ3) is 3.05. The molecule has 92 valence electrons. The maximum Gasteiger partial charge on any atom is 0.228 e. The van der Waals surface area contributed by atoms with Crippen LogP contribution in [0.3, 0.4) is 0 Å². The van der Waals surface area contributed by atoms with Gasteiger partial charge in [-0.1, -0.05) is 30.3 Å². The number of carbonyl (C=O) groups is 1. The van der Waals surface area contributed by atoms with Gasteiger partial charge in [-0.2, -0.15) is 0 Å². The molecule has 4 heteroatoms. The maximum atomic E-state index is 12.1. The maximum absolute atomic E-state index is 12.1. The van der Waals surface area contributed by atoms with Gasteiger partial charge in [0.2, 0.25) is 5.91 Å². The summed E-state index contributed by atoms with van der Waals surface area (Å²) in [6.07, 6.45) is 0. The van der Waals surface area contributed by atoms with Crippen LogP contribution in [-0.2, 0) is 11.3 Å². The molecule has 1 aliphatic heterocycles. The Balaban J connectivity index is 1.99. The first-order valence-corrected chi connectivity index (χ1v) is 5.95. The highest BCUT2D eigenvalue weighted by molar-refractivity contribution is 5.80. The van der Waals surface area contributed by atoms with Gasteiger partial charge >= 0.3 is 0 Å². The van der Waals surface area contributed by atoms with E-state index in [-0.39, 0.29) is 18.4 Å². The molecular weight excluding hydrogens is 216 g/mol. The Kier molecular flexibility index (Phi) is 4.12. The molecule has 17 heavy (non-hydrogen) atoms. The predicted octanol–water partition coefficient (Wildman–Crippen LogP) is 0.227. The van der Waals surface area contributed by atoms with Gasteiger partial charge < -0.3 is 15.3 Å². The van der Waals surface area contributed by atoms with Crippen LogP contribution in [0.15, 0.2) is 30.3 Å². The summed E-state index contributed by atoms with van der Waals surface area (Å²) >= 11 is 0. The predicted molar refractivity (Wildman–Crippen MR) is 65.3 cm³/mol. The van der Waals surface area contributed by atoms with E-state index in [1.54, 1.807) is 4.90 Å². The topological polar surface area (TPSA) is 52.6 Å². The van der Waals surface area contributed by atoms with Gasteiger partial charge in [0, 0.05) is 26.2 Å². The highest BCUT2D eigenvalue weighted by atomic mass is 16.3. The van der Waals surface area contributed by atoms with Gasteiger partial charge in [0.05, 0.1) is 12.5 Å². The van der Waals surface area contributed by atoms with E-state index in [0.717, 1.165) is 18.7 Å². The van der Waals surface area contributed by atoms with E-state index in [2.05, 4.69) is 5.32 Å². The van der Waals surface area contributed by atoms with Crippen molar-refractivity contribution in [1.82, 2.24) is 10.2 Å². The molecule has 1 heterocycles. The summed E-state index contributed by atoms with van der Waals surface area (Å²) in [6, 6.07) is 9.87. The Hall–Kier alpha value is -1.39. The number of nitrogens with zero attached hydrogens (tertiary/aromatic N) is 1. The largest absolute Gasteiger partial charge is 0.395 e. The molecule has 0 saturated carbocycles. The van der Waals surface area contributed by atoms with Crippen molar-refractivity contribution < 1.29 is 9.90 Å². The quantitative estimate of drug-likeness (QED) is 0.766. The number of hydrogen-bond donors (Lipinski definition) is 2. The van der Waals surface area contributed by atoms with Gasteiger partial charge in [-0.3, -0.25) is 4.79 Å². The number of rotatable bonds is 5. The molecule has 2 N–H and O–H groups in total. The summed E-state index contributed by atoms with van der Waals surface area (Å²) in [7, 11) is 0. The van der Waals surface area contributed by atoms with Crippen LogP contribution in [0, 0.1) is 5.92 Å². The van der Waals surface area contributed by atoms with Crippen LogP contribution in [0.2, 0.25) is 0 Å². The average Bonchev–Trinajstić information content (AvgIpc) is 2.27. The first kappa shape index (κ1) is 12.1. The van der Waals surface area contributed by atoms with E-state index in [1.807, 2.05) is 30.3 Å². The third-order valence-corrected chi connectivity index (χ3v) is 3.03. The number of nitrogens with one attached hydrogen (secondary N) is 1. The Morgan fingerprint density at radius 2 is 2.06 bits per heavy atom. The second kappa shape index (κ2) is 5.80. The summed E-state index contributed by atoms with van der Waals surface area (Å²) in [5.41, 5.74) is 1.10. The monoisotopic (exact) mass is 234 g/mol. The summed E-state index contributed by atoms with van der Waals surface area (Å²) in [5, 5.41) is 12.1. The van der Waals surface area contributed by atoms with E-state index in [4.69, 9.17) is 5.11 Å². The smallest absolute Gasteiger partial charge is 0.228 e. The van der Waals surface area contributed by atoms with Crippen LogP contribution >= 0.6 is 0 Å². The Bertz CT molecular complexity index is 363. The summed E-state index contributed by atoms with van der Waals surface area (Å²) in [4.78, 5) is 13.8. The molecular formula is C13H18N2O2. The molecule has 1 saturated heterocycles. The summed E-state index contributed by atoms with van der Waals surface area (Å²) in [6.45, 7) is 2.52. The fraction of sp³-hybridized carbons (Fsp3) is 0.462. The minimum Gasteiger partial charge on any atom is -0.395 e. The number of benzene rings is 1. The molecule has 2 rings (SSSR count). The molecule has 4 nitrogen and oxygen atoms in total. The molecule has 0 bridgehead atoms. The van der Waals surface area contributed by atoms with Crippen molar-refractivity contribution in [3.05, 3.63) is 35.9 Å². The normalized spacial score (nSPS) is 15.4. The van der Waals surface area contributed by atoms with Crippen molar-refractivity contribution in [2.24, 2.45) is 5.92 Å². The second-order valence-electron chi connectivity index (χ2n) is 4.32. The minimum atomic E-state index is 0.0126. The van der Waals surface area contributed by atoms with Crippen LogP contribution in [0.5, 0.6) is 0 Å². The van der Waals surface area contributed by atoms with E-state index in [1.165, 1.54) is 0 Å². The van der Waals surface area contributed by atoms with Crippen molar-refractivity contribution >= 4 is 5.91 Å². The van der Waals surface area contributed by atoms with Crippen LogP contribution in [0.1, 0.15) is 5.56 Å². The third-order valence-electron chi connectivity index (χ3n) is 3.03.